The van der Waals surface area contributed by atoms with Crippen molar-refractivity contribution in [3.8, 4) is 0 Å². The van der Waals surface area contributed by atoms with Crippen LogP contribution in [0.4, 0.5) is 0 Å². The van der Waals surface area contributed by atoms with E-state index < -0.39 is 0 Å². The van der Waals surface area contributed by atoms with E-state index in [0.29, 0.717) is 5.92 Å². The molecule has 1 unspecified atom stereocenters. The number of aromatic nitrogens is 1. The molecule has 2 heteroatoms. The summed E-state index contributed by atoms with van der Waals surface area (Å²) < 4.78 is 0. The molecule has 1 atom stereocenters. The molecule has 0 aliphatic carbocycles. The van der Waals surface area contributed by atoms with Crippen LogP contribution in [0.2, 0.25) is 0 Å². The lowest BCUT2D eigenvalue weighted by molar-refractivity contribution is 0.560. The van der Waals surface area contributed by atoms with E-state index in [2.05, 4.69) is 73.5 Å². The molecule has 0 radical (unpaired) electrons. The van der Waals surface area contributed by atoms with Crippen molar-refractivity contribution in [1.29, 1.82) is 0 Å². The minimum Gasteiger partial charge on any atom is -0.357 e. The molecule has 0 saturated heterocycles. The minimum absolute atomic E-state index is 0.271. The fourth-order valence-corrected chi connectivity index (χ4v) is 3.70. The van der Waals surface area contributed by atoms with Crippen molar-refractivity contribution < 1.29 is 0 Å². The maximum Gasteiger partial charge on any atom is 0.0732 e. The highest BCUT2D eigenvalue weighted by atomic mass is 15.0. The summed E-state index contributed by atoms with van der Waals surface area (Å²) in [4.78, 5) is 3.67. The Labute approximate surface area is 137 Å². The summed E-state index contributed by atoms with van der Waals surface area (Å²) in [6.07, 6.45) is 1.10. The number of aryl methyl sites for hydroxylation is 1. The summed E-state index contributed by atoms with van der Waals surface area (Å²) in [5.41, 5.74) is 8.16. The van der Waals surface area contributed by atoms with Crippen LogP contribution in [0, 0.1) is 6.92 Å². The van der Waals surface area contributed by atoms with Crippen LogP contribution < -0.4 is 5.32 Å². The Hall–Kier alpha value is -2.06. The van der Waals surface area contributed by atoms with Crippen LogP contribution in [0.5, 0.6) is 0 Å². The topological polar surface area (TPSA) is 27.8 Å². The Morgan fingerprint density at radius 2 is 1.83 bits per heavy atom. The van der Waals surface area contributed by atoms with Gasteiger partial charge in [-0.2, -0.15) is 0 Å². The van der Waals surface area contributed by atoms with Crippen LogP contribution in [-0.2, 0) is 6.42 Å². The van der Waals surface area contributed by atoms with Gasteiger partial charge in [-0.05, 0) is 48.1 Å². The highest BCUT2D eigenvalue weighted by Gasteiger charge is 2.25. The van der Waals surface area contributed by atoms with E-state index in [0.717, 1.165) is 13.0 Å². The third-order valence-electron chi connectivity index (χ3n) is 5.04. The fraction of sp³-hybridized carbons (Fsp3) is 0.333. The molecule has 1 aliphatic heterocycles. The molecule has 23 heavy (non-hydrogen) atoms. The standard InChI is InChI=1S/C21H24N2/c1-13(2)15-5-7-16(8-6-15)20-21-17(10-11-22-20)18-12-14(3)4-9-19(18)23-21/h4-9,12-13,20,22-23H,10-11H2,1-3H3. The van der Waals surface area contributed by atoms with Crippen LogP contribution >= 0.6 is 0 Å². The van der Waals surface area contributed by atoms with Gasteiger partial charge in [-0.3, -0.25) is 0 Å². The van der Waals surface area contributed by atoms with Crippen molar-refractivity contribution in [2.45, 2.75) is 39.2 Å². The van der Waals surface area contributed by atoms with Crippen molar-refractivity contribution in [3.05, 3.63) is 70.4 Å². The second-order valence-corrected chi connectivity index (χ2v) is 7.02. The Bertz CT molecular complexity index is 840. The predicted octanol–water partition coefficient (Wildman–Crippen LogP) is 4.83. The summed E-state index contributed by atoms with van der Waals surface area (Å²) in [7, 11) is 0. The first kappa shape index (κ1) is 14.5. The van der Waals surface area contributed by atoms with Crippen molar-refractivity contribution in [3.63, 3.8) is 0 Å². The summed E-state index contributed by atoms with van der Waals surface area (Å²) in [5.74, 6) is 0.579. The molecular weight excluding hydrogens is 280 g/mol. The van der Waals surface area contributed by atoms with E-state index in [4.69, 9.17) is 0 Å². The number of H-pyrrole nitrogens is 1. The van der Waals surface area contributed by atoms with E-state index in [1.54, 1.807) is 0 Å². The molecule has 0 amide bonds. The van der Waals surface area contributed by atoms with E-state index >= 15 is 0 Å². The maximum absolute atomic E-state index is 3.68. The Morgan fingerprint density at radius 3 is 2.57 bits per heavy atom. The van der Waals surface area contributed by atoms with E-state index in [9.17, 15) is 0 Å². The SMILES string of the molecule is Cc1ccc2[nH]c3c(c2c1)CCNC3c1ccc(C(C)C)cc1. The van der Waals surface area contributed by atoms with Gasteiger partial charge in [0.1, 0.15) is 0 Å². The van der Waals surface area contributed by atoms with Crippen LogP contribution in [0.25, 0.3) is 10.9 Å². The second-order valence-electron chi connectivity index (χ2n) is 7.02. The number of nitrogens with one attached hydrogen (secondary N) is 2. The van der Waals surface area contributed by atoms with Gasteiger partial charge < -0.3 is 10.3 Å². The van der Waals surface area contributed by atoms with Gasteiger partial charge >= 0.3 is 0 Å². The molecule has 2 heterocycles. The van der Waals surface area contributed by atoms with Gasteiger partial charge in [0.25, 0.3) is 0 Å². The van der Waals surface area contributed by atoms with Gasteiger partial charge in [0.15, 0.2) is 0 Å². The number of fused-ring (bicyclic) bond motifs is 3. The third-order valence-corrected chi connectivity index (χ3v) is 5.04. The van der Waals surface area contributed by atoms with Crippen LogP contribution in [0.1, 0.15) is 53.8 Å². The molecule has 2 N–H and O–H groups in total. The highest BCUT2D eigenvalue weighted by Crippen LogP contribution is 2.34. The van der Waals surface area contributed by atoms with Crippen molar-refractivity contribution in [2.24, 2.45) is 0 Å². The molecule has 2 aromatic carbocycles. The zero-order valence-electron chi connectivity index (χ0n) is 14.1. The first-order chi connectivity index (χ1) is 11.1. The molecule has 118 valence electrons. The molecule has 2 nitrogen and oxygen atoms in total. The van der Waals surface area contributed by atoms with E-state index in [-0.39, 0.29) is 6.04 Å². The largest absolute Gasteiger partial charge is 0.357 e. The van der Waals surface area contributed by atoms with Gasteiger partial charge in [0.2, 0.25) is 0 Å². The minimum atomic E-state index is 0.271. The summed E-state index contributed by atoms with van der Waals surface area (Å²) in [6, 6.07) is 16.1. The first-order valence-electron chi connectivity index (χ1n) is 8.58. The number of hydrogen-bond donors (Lipinski definition) is 2. The van der Waals surface area contributed by atoms with Crippen LogP contribution in [-0.4, -0.2) is 11.5 Å². The lowest BCUT2D eigenvalue weighted by Gasteiger charge is -2.25. The molecule has 4 rings (SSSR count). The average molecular weight is 304 g/mol. The number of benzene rings is 2. The zero-order chi connectivity index (χ0) is 16.0. The highest BCUT2D eigenvalue weighted by molar-refractivity contribution is 5.86. The Morgan fingerprint density at radius 1 is 1.04 bits per heavy atom. The molecule has 0 fully saturated rings. The van der Waals surface area contributed by atoms with Crippen molar-refractivity contribution >= 4 is 10.9 Å². The summed E-state index contributed by atoms with van der Waals surface area (Å²) in [5, 5.41) is 5.08. The van der Waals surface area contributed by atoms with Gasteiger partial charge in [0, 0.05) is 23.1 Å². The van der Waals surface area contributed by atoms with Gasteiger partial charge in [-0.15, -0.1) is 0 Å². The fourth-order valence-electron chi connectivity index (χ4n) is 3.70. The van der Waals surface area contributed by atoms with E-state index in [1.165, 1.54) is 38.9 Å². The molecule has 3 aromatic rings. The predicted molar refractivity (Wildman–Crippen MR) is 97.1 cm³/mol. The normalized spacial score (nSPS) is 17.7. The Balaban J connectivity index is 1.79. The molecule has 0 spiro atoms. The molecule has 1 aromatic heterocycles. The molecular formula is C21H24N2. The zero-order valence-corrected chi connectivity index (χ0v) is 14.1. The molecule has 0 bridgehead atoms. The van der Waals surface area contributed by atoms with Crippen LogP contribution in [0.3, 0.4) is 0 Å². The molecule has 1 aliphatic rings. The lowest BCUT2D eigenvalue weighted by atomic mass is 9.92. The van der Waals surface area contributed by atoms with Crippen LogP contribution in [0.15, 0.2) is 42.5 Å². The molecule has 0 saturated carbocycles. The quantitative estimate of drug-likeness (QED) is 0.697. The monoisotopic (exact) mass is 304 g/mol. The van der Waals surface area contributed by atoms with Crippen molar-refractivity contribution in [1.82, 2.24) is 10.3 Å². The third kappa shape index (κ3) is 2.47. The summed E-state index contributed by atoms with van der Waals surface area (Å²) >= 11 is 0. The number of aromatic amines is 1. The van der Waals surface area contributed by atoms with Gasteiger partial charge in [-0.1, -0.05) is 49.7 Å². The van der Waals surface area contributed by atoms with Crippen molar-refractivity contribution in [2.75, 3.05) is 6.54 Å². The van der Waals surface area contributed by atoms with E-state index in [1.807, 2.05) is 0 Å². The average Bonchev–Trinajstić information content (AvgIpc) is 2.93. The summed E-state index contributed by atoms with van der Waals surface area (Å²) in [6.45, 7) is 7.69. The second kappa shape index (κ2) is 5.54. The lowest BCUT2D eigenvalue weighted by Crippen LogP contribution is -2.30. The number of rotatable bonds is 2. The number of hydrogen-bond acceptors (Lipinski definition) is 1. The first-order valence-corrected chi connectivity index (χ1v) is 8.58. The van der Waals surface area contributed by atoms with Gasteiger partial charge in [0.05, 0.1) is 6.04 Å². The smallest absolute Gasteiger partial charge is 0.0732 e. The maximum atomic E-state index is 3.68. The Kier molecular flexibility index (Phi) is 3.50. The van der Waals surface area contributed by atoms with Gasteiger partial charge in [-0.25, -0.2) is 0 Å².